The molecule has 12 nitrogen and oxygen atoms in total. The molecule has 0 aliphatic carbocycles. The summed E-state index contributed by atoms with van der Waals surface area (Å²) < 4.78 is 12.7. The molecule has 0 N–H and O–H groups in total. The first-order valence-corrected chi connectivity index (χ1v) is 12.6. The Morgan fingerprint density at radius 1 is 0.583 bits per heavy atom. The molecule has 1 rings (SSSR count). The highest BCUT2D eigenvalue weighted by Crippen LogP contribution is 2.03. The van der Waals surface area contributed by atoms with E-state index >= 15 is 0 Å². The molecule has 0 aliphatic heterocycles. The third-order valence-electron chi connectivity index (χ3n) is 5.74. The number of hydrogen-bond donors (Lipinski definition) is 0. The fraction of sp³-hybridized carbons (Fsp3) is 0.750. The smallest absolute Gasteiger partial charge is 0.336 e. The van der Waals surface area contributed by atoms with Gasteiger partial charge in [-0.05, 0) is 51.4 Å². The molecule has 0 bridgehead atoms. The maximum absolute atomic E-state index is 13.0. The van der Waals surface area contributed by atoms with Crippen molar-refractivity contribution >= 4 is 6.08 Å². The van der Waals surface area contributed by atoms with Crippen molar-refractivity contribution in [2.45, 2.75) is 96.7 Å². The Hall–Kier alpha value is -3.63. The summed E-state index contributed by atoms with van der Waals surface area (Å²) in [7, 11) is 0. The van der Waals surface area contributed by atoms with Crippen LogP contribution in [0.3, 0.4) is 0 Å². The predicted octanol–water partition coefficient (Wildman–Crippen LogP) is 2.18. The molecule has 1 aromatic heterocycles. The van der Waals surface area contributed by atoms with Crippen molar-refractivity contribution in [1.82, 2.24) is 13.7 Å². The van der Waals surface area contributed by atoms with Crippen LogP contribution in [0.4, 0.5) is 0 Å². The minimum Gasteiger partial charge on any atom is -0.428 e. The largest absolute Gasteiger partial charge is 0.428 e. The summed E-state index contributed by atoms with van der Waals surface area (Å²) in [6.07, 6.45) is 13.4. The van der Waals surface area contributed by atoms with Gasteiger partial charge in [0, 0.05) is 19.6 Å². The molecular weight excluding hydrogens is 468 g/mol. The first kappa shape index (κ1) is 30.4. The van der Waals surface area contributed by atoms with Gasteiger partial charge in [0.25, 0.3) is 12.5 Å². The van der Waals surface area contributed by atoms with Gasteiger partial charge in [-0.25, -0.2) is 37.9 Å². The topological polar surface area (TPSA) is 161 Å². The molecule has 0 spiro atoms. The molecule has 0 unspecified atom stereocenters. The number of hydrogen-bond acceptors (Lipinski definition) is 9. The number of nitriles is 2. The van der Waals surface area contributed by atoms with Crippen LogP contribution in [0.15, 0.2) is 19.4 Å². The molecule has 0 radical (unpaired) electrons. The van der Waals surface area contributed by atoms with Gasteiger partial charge in [-0.15, -0.1) is 0 Å². The minimum atomic E-state index is -0.590. The number of nitrogens with zero attached hydrogens (tertiary/aromatic N) is 6. The lowest BCUT2D eigenvalue weighted by Gasteiger charge is -2.14. The van der Waals surface area contributed by atoms with E-state index in [1.807, 2.05) is 0 Å². The average molecular weight is 505 g/mol. The molecule has 0 amide bonds. The highest BCUT2D eigenvalue weighted by Gasteiger charge is 2.15. The summed E-state index contributed by atoms with van der Waals surface area (Å²) >= 11 is 0. The monoisotopic (exact) mass is 504 g/mol. The second kappa shape index (κ2) is 19.7. The zero-order valence-corrected chi connectivity index (χ0v) is 20.9. The minimum absolute atomic E-state index is 0.214. The van der Waals surface area contributed by atoms with Gasteiger partial charge >= 0.3 is 17.1 Å². The van der Waals surface area contributed by atoms with Gasteiger partial charge in [-0.3, -0.25) is 0 Å². The van der Waals surface area contributed by atoms with Crippen LogP contribution in [0, 0.1) is 23.0 Å². The molecule has 36 heavy (non-hydrogen) atoms. The fourth-order valence-corrected chi connectivity index (χ4v) is 3.80. The maximum Gasteiger partial charge on any atom is 0.336 e. The van der Waals surface area contributed by atoms with Gasteiger partial charge in [0.1, 0.15) is 13.2 Å². The Balaban J connectivity index is 2.86. The van der Waals surface area contributed by atoms with E-state index in [1.54, 1.807) is 12.5 Å². The normalized spacial score (nSPS) is 10.3. The highest BCUT2D eigenvalue weighted by atomic mass is 16.5. The summed E-state index contributed by atoms with van der Waals surface area (Å²) in [4.78, 5) is 52.7. The van der Waals surface area contributed by atoms with Crippen LogP contribution < -0.4 is 17.1 Å². The second-order valence-corrected chi connectivity index (χ2v) is 8.40. The lowest BCUT2D eigenvalue weighted by molar-refractivity contribution is 0.259. The number of carbonyl (C=O) groups excluding carboxylic acids is 1. The molecule has 0 fully saturated rings. The van der Waals surface area contributed by atoms with Crippen molar-refractivity contribution in [3.63, 3.8) is 0 Å². The lowest BCUT2D eigenvalue weighted by atomic mass is 10.2. The van der Waals surface area contributed by atoms with Gasteiger partial charge in [0.15, 0.2) is 0 Å². The van der Waals surface area contributed by atoms with Gasteiger partial charge in [-0.2, -0.15) is 10.5 Å². The van der Waals surface area contributed by atoms with Gasteiger partial charge < -0.3 is 9.47 Å². The number of rotatable bonds is 21. The zero-order chi connectivity index (χ0) is 26.4. The highest BCUT2D eigenvalue weighted by molar-refractivity contribution is 5.32. The van der Waals surface area contributed by atoms with Gasteiger partial charge in [0.05, 0.1) is 6.54 Å². The van der Waals surface area contributed by atoms with Crippen LogP contribution in [0.2, 0.25) is 0 Å². The fourth-order valence-electron chi connectivity index (χ4n) is 3.80. The van der Waals surface area contributed by atoms with Crippen LogP contribution in [-0.2, 0) is 33.9 Å². The molecule has 1 aromatic rings. The van der Waals surface area contributed by atoms with Crippen molar-refractivity contribution in [2.24, 2.45) is 4.99 Å². The van der Waals surface area contributed by atoms with Crippen molar-refractivity contribution in [3.05, 3.63) is 31.5 Å². The first-order chi connectivity index (χ1) is 17.6. The quantitative estimate of drug-likeness (QED) is 0.106. The SMILES string of the molecule is N#COCCCCCCn1c(=O)n(CCCCCCN=C=O)c(=O)n(CCCCCCOC#N)c1=O. The van der Waals surface area contributed by atoms with E-state index in [0.29, 0.717) is 51.9 Å². The van der Waals surface area contributed by atoms with Crippen LogP contribution in [0.1, 0.15) is 77.0 Å². The third-order valence-corrected chi connectivity index (χ3v) is 5.74. The molecule has 0 saturated carbocycles. The van der Waals surface area contributed by atoms with Crippen LogP contribution >= 0.6 is 0 Å². The van der Waals surface area contributed by atoms with Crippen molar-refractivity contribution in [2.75, 3.05) is 19.8 Å². The second-order valence-electron chi connectivity index (χ2n) is 8.40. The number of isocyanates is 1. The van der Waals surface area contributed by atoms with E-state index < -0.39 is 17.1 Å². The predicted molar refractivity (Wildman–Crippen MR) is 131 cm³/mol. The number of aliphatic imine (C=N–C) groups is 1. The molecule has 12 heteroatoms. The number of ether oxygens (including phenoxy) is 2. The molecule has 0 atom stereocenters. The zero-order valence-electron chi connectivity index (χ0n) is 20.9. The van der Waals surface area contributed by atoms with Crippen LogP contribution in [-0.4, -0.2) is 39.5 Å². The van der Waals surface area contributed by atoms with Crippen LogP contribution in [0.25, 0.3) is 0 Å². The van der Waals surface area contributed by atoms with E-state index in [4.69, 9.17) is 10.5 Å². The van der Waals surface area contributed by atoms with E-state index in [1.165, 1.54) is 6.08 Å². The average Bonchev–Trinajstić information content (AvgIpc) is 2.87. The Bertz CT molecular complexity index is 1000. The standard InChI is InChI=1S/C24H36N6O6/c25-19-35-17-11-5-3-9-15-29-22(32)28(14-8-2-1-7-13-27-21-31)23(33)30(24(29)34)16-10-4-6-12-18-36-20-26/h1-18H2. The maximum atomic E-state index is 13.0. The Kier molecular flexibility index (Phi) is 16.6. The van der Waals surface area contributed by atoms with E-state index in [0.717, 1.165) is 58.6 Å². The summed E-state index contributed by atoms with van der Waals surface area (Å²) in [6, 6.07) is 0. The Morgan fingerprint density at radius 3 is 1.31 bits per heavy atom. The summed E-state index contributed by atoms with van der Waals surface area (Å²) in [5.41, 5.74) is -1.77. The molecule has 198 valence electrons. The molecule has 0 aliphatic rings. The molecule has 1 heterocycles. The van der Waals surface area contributed by atoms with Gasteiger partial charge in [-0.1, -0.05) is 25.7 Å². The van der Waals surface area contributed by atoms with Crippen molar-refractivity contribution in [1.29, 1.82) is 10.5 Å². The lowest BCUT2D eigenvalue weighted by Crippen LogP contribution is -2.54. The third kappa shape index (κ3) is 11.7. The van der Waals surface area contributed by atoms with Crippen molar-refractivity contribution in [3.8, 4) is 12.5 Å². The molecule has 0 saturated heterocycles. The first-order valence-electron chi connectivity index (χ1n) is 12.6. The summed E-state index contributed by atoms with van der Waals surface area (Å²) in [5, 5.41) is 16.8. The van der Waals surface area contributed by atoms with Crippen molar-refractivity contribution < 1.29 is 14.3 Å². The number of aromatic nitrogens is 3. The van der Waals surface area contributed by atoms with Crippen LogP contribution in [0.5, 0.6) is 0 Å². The molecular formula is C24H36N6O6. The molecule has 0 aromatic carbocycles. The van der Waals surface area contributed by atoms with E-state index in [-0.39, 0.29) is 19.6 Å². The Morgan fingerprint density at radius 2 is 0.944 bits per heavy atom. The van der Waals surface area contributed by atoms with E-state index in [2.05, 4.69) is 14.5 Å². The summed E-state index contributed by atoms with van der Waals surface area (Å²) in [6.45, 7) is 1.74. The van der Waals surface area contributed by atoms with E-state index in [9.17, 15) is 19.2 Å². The Labute approximate surface area is 210 Å². The number of unbranched alkanes of at least 4 members (excludes halogenated alkanes) is 9. The summed E-state index contributed by atoms with van der Waals surface area (Å²) in [5.74, 6) is 0. The van der Waals surface area contributed by atoms with Gasteiger partial charge in [0.2, 0.25) is 6.08 Å².